The van der Waals surface area contributed by atoms with Gasteiger partial charge in [0.15, 0.2) is 0 Å². The fourth-order valence-electron chi connectivity index (χ4n) is 1.61. The second-order valence-corrected chi connectivity index (χ2v) is 7.19. The molecule has 2 amide bonds. The molecule has 1 aromatic rings. The maximum Gasteiger partial charge on any atom is 0.238 e. The Morgan fingerprint density at radius 2 is 1.82 bits per heavy atom. The Kier molecular flexibility index (Phi) is 8.34. The Hall–Kier alpha value is -1.21. The van der Waals surface area contributed by atoms with Gasteiger partial charge < -0.3 is 10.6 Å². The van der Waals surface area contributed by atoms with E-state index in [-0.39, 0.29) is 22.3 Å². The SMILES string of the molecule is CSC(C)C(=O)NCCc1ccnc(NC(=O)C(C)SC)c1. The molecule has 0 saturated carbocycles. The van der Waals surface area contributed by atoms with Crippen LogP contribution in [0.15, 0.2) is 18.3 Å². The smallest absolute Gasteiger partial charge is 0.238 e. The lowest BCUT2D eigenvalue weighted by molar-refractivity contribution is -0.120. The van der Waals surface area contributed by atoms with E-state index in [1.165, 1.54) is 23.5 Å². The molecule has 0 spiro atoms. The average molecular weight is 342 g/mol. The first kappa shape index (κ1) is 18.8. The maximum absolute atomic E-state index is 11.8. The molecule has 2 unspecified atom stereocenters. The summed E-state index contributed by atoms with van der Waals surface area (Å²) < 4.78 is 0. The molecule has 0 radical (unpaired) electrons. The summed E-state index contributed by atoms with van der Waals surface area (Å²) >= 11 is 3.01. The average Bonchev–Trinajstić information content (AvgIpc) is 2.53. The van der Waals surface area contributed by atoms with Gasteiger partial charge in [0, 0.05) is 12.7 Å². The zero-order valence-electron chi connectivity index (χ0n) is 13.4. The Morgan fingerprint density at radius 3 is 2.45 bits per heavy atom. The molecule has 0 bridgehead atoms. The Labute approximate surface area is 140 Å². The molecule has 1 rings (SSSR count). The summed E-state index contributed by atoms with van der Waals surface area (Å²) in [6.45, 7) is 4.31. The van der Waals surface area contributed by atoms with Crippen LogP contribution in [-0.4, -0.2) is 46.4 Å². The number of thioether (sulfide) groups is 2. The van der Waals surface area contributed by atoms with Gasteiger partial charge in [0.05, 0.1) is 10.5 Å². The Bertz CT molecular complexity index is 511. The fraction of sp³-hybridized carbons (Fsp3) is 0.533. The van der Waals surface area contributed by atoms with Gasteiger partial charge in [-0.05, 0) is 50.5 Å². The molecule has 0 aromatic carbocycles. The number of aromatic nitrogens is 1. The van der Waals surface area contributed by atoms with Crippen LogP contribution < -0.4 is 10.6 Å². The van der Waals surface area contributed by atoms with Gasteiger partial charge in [-0.3, -0.25) is 9.59 Å². The van der Waals surface area contributed by atoms with Crippen molar-refractivity contribution in [1.29, 1.82) is 0 Å². The second-order valence-electron chi connectivity index (χ2n) is 4.84. The standard InChI is InChI=1S/C15H23N3O2S2/c1-10(21-3)14(19)17-8-6-12-5-7-16-13(9-12)18-15(20)11(2)22-4/h5,7,9-11H,6,8H2,1-4H3,(H,17,19)(H,16,18,20). The largest absolute Gasteiger partial charge is 0.355 e. The molecule has 2 atom stereocenters. The molecule has 0 aliphatic carbocycles. The molecular weight excluding hydrogens is 318 g/mol. The van der Waals surface area contributed by atoms with Crippen molar-refractivity contribution in [3.63, 3.8) is 0 Å². The number of nitrogens with zero attached hydrogens (tertiary/aromatic N) is 1. The Balaban J connectivity index is 2.51. The summed E-state index contributed by atoms with van der Waals surface area (Å²) in [5.41, 5.74) is 1.03. The van der Waals surface area contributed by atoms with Gasteiger partial charge in [-0.2, -0.15) is 23.5 Å². The number of hydrogen-bond donors (Lipinski definition) is 2. The van der Waals surface area contributed by atoms with Crippen molar-refractivity contribution in [1.82, 2.24) is 10.3 Å². The van der Waals surface area contributed by atoms with E-state index in [0.717, 1.165) is 5.56 Å². The highest BCUT2D eigenvalue weighted by Crippen LogP contribution is 2.11. The maximum atomic E-state index is 11.8. The lowest BCUT2D eigenvalue weighted by Crippen LogP contribution is -2.32. The van der Waals surface area contributed by atoms with Gasteiger partial charge in [-0.15, -0.1) is 0 Å². The number of carbonyl (C=O) groups excluding carboxylic acids is 2. The topological polar surface area (TPSA) is 71.1 Å². The molecule has 7 heteroatoms. The summed E-state index contributed by atoms with van der Waals surface area (Å²) in [6.07, 6.45) is 6.18. The zero-order valence-corrected chi connectivity index (χ0v) is 15.0. The van der Waals surface area contributed by atoms with Crippen LogP contribution in [0.25, 0.3) is 0 Å². The van der Waals surface area contributed by atoms with Gasteiger partial charge in [-0.25, -0.2) is 4.98 Å². The van der Waals surface area contributed by atoms with Crippen molar-refractivity contribution < 1.29 is 9.59 Å². The van der Waals surface area contributed by atoms with Gasteiger partial charge >= 0.3 is 0 Å². The Morgan fingerprint density at radius 1 is 1.18 bits per heavy atom. The van der Waals surface area contributed by atoms with Crippen LogP contribution in [0.5, 0.6) is 0 Å². The second kappa shape index (κ2) is 9.74. The predicted molar refractivity (Wildman–Crippen MR) is 95.5 cm³/mol. The molecule has 5 nitrogen and oxygen atoms in total. The van der Waals surface area contributed by atoms with Crippen molar-refractivity contribution >= 4 is 41.2 Å². The third kappa shape index (κ3) is 6.27. The first-order chi connectivity index (χ1) is 10.5. The molecular formula is C15H23N3O2S2. The van der Waals surface area contributed by atoms with E-state index >= 15 is 0 Å². The number of carbonyl (C=O) groups is 2. The van der Waals surface area contributed by atoms with E-state index < -0.39 is 0 Å². The van der Waals surface area contributed by atoms with E-state index in [1.54, 1.807) is 6.20 Å². The highest BCUT2D eigenvalue weighted by molar-refractivity contribution is 8.00. The van der Waals surface area contributed by atoms with Gasteiger partial charge in [0.25, 0.3) is 0 Å². The fourth-order valence-corrected chi connectivity index (χ4v) is 2.18. The minimum atomic E-state index is -0.113. The third-order valence-electron chi connectivity index (χ3n) is 3.23. The van der Waals surface area contributed by atoms with Crippen LogP contribution in [-0.2, 0) is 16.0 Å². The van der Waals surface area contributed by atoms with E-state index in [2.05, 4.69) is 15.6 Å². The first-order valence-corrected chi connectivity index (χ1v) is 9.64. The van der Waals surface area contributed by atoms with E-state index in [0.29, 0.717) is 18.8 Å². The number of amides is 2. The van der Waals surface area contributed by atoms with E-state index in [4.69, 9.17) is 0 Å². The summed E-state index contributed by atoms with van der Waals surface area (Å²) in [5.74, 6) is 0.537. The van der Waals surface area contributed by atoms with Crippen LogP contribution in [0.4, 0.5) is 5.82 Å². The predicted octanol–water partition coefficient (Wildman–Crippen LogP) is 2.18. The number of nitrogens with one attached hydrogen (secondary N) is 2. The normalized spacial score (nSPS) is 13.3. The number of anilines is 1. The van der Waals surface area contributed by atoms with Crippen molar-refractivity contribution in [3.8, 4) is 0 Å². The van der Waals surface area contributed by atoms with Crippen molar-refractivity contribution in [2.24, 2.45) is 0 Å². The van der Waals surface area contributed by atoms with Crippen LogP contribution in [0.2, 0.25) is 0 Å². The monoisotopic (exact) mass is 341 g/mol. The highest BCUT2D eigenvalue weighted by Gasteiger charge is 2.12. The van der Waals surface area contributed by atoms with Crippen LogP contribution >= 0.6 is 23.5 Å². The van der Waals surface area contributed by atoms with Crippen LogP contribution in [0, 0.1) is 0 Å². The van der Waals surface area contributed by atoms with E-state index in [1.807, 2.05) is 38.5 Å². The summed E-state index contributed by atoms with van der Waals surface area (Å²) in [4.78, 5) is 27.7. The summed E-state index contributed by atoms with van der Waals surface area (Å²) in [6, 6.07) is 3.73. The molecule has 22 heavy (non-hydrogen) atoms. The zero-order chi connectivity index (χ0) is 16.5. The number of rotatable bonds is 8. The lowest BCUT2D eigenvalue weighted by atomic mass is 10.2. The summed E-state index contributed by atoms with van der Waals surface area (Å²) in [7, 11) is 0. The summed E-state index contributed by atoms with van der Waals surface area (Å²) in [5, 5.41) is 5.54. The first-order valence-electron chi connectivity index (χ1n) is 7.07. The van der Waals surface area contributed by atoms with Crippen molar-refractivity contribution in [3.05, 3.63) is 23.9 Å². The third-order valence-corrected chi connectivity index (χ3v) is 5.08. The van der Waals surface area contributed by atoms with Gasteiger partial charge in [-0.1, -0.05) is 0 Å². The van der Waals surface area contributed by atoms with Crippen LogP contribution in [0.1, 0.15) is 19.4 Å². The minimum Gasteiger partial charge on any atom is -0.355 e. The molecule has 122 valence electrons. The van der Waals surface area contributed by atoms with Crippen molar-refractivity contribution in [2.75, 3.05) is 24.4 Å². The molecule has 1 heterocycles. The number of hydrogen-bond acceptors (Lipinski definition) is 5. The van der Waals surface area contributed by atoms with Crippen LogP contribution in [0.3, 0.4) is 0 Å². The van der Waals surface area contributed by atoms with Crippen molar-refractivity contribution in [2.45, 2.75) is 30.8 Å². The van der Waals surface area contributed by atoms with Gasteiger partial charge in [0.1, 0.15) is 5.82 Å². The van der Waals surface area contributed by atoms with Gasteiger partial charge in [0.2, 0.25) is 11.8 Å². The quantitative estimate of drug-likeness (QED) is 0.758. The molecule has 0 aliphatic heterocycles. The molecule has 2 N–H and O–H groups in total. The molecule has 0 fully saturated rings. The highest BCUT2D eigenvalue weighted by atomic mass is 32.2. The lowest BCUT2D eigenvalue weighted by Gasteiger charge is -2.11. The molecule has 0 aliphatic rings. The minimum absolute atomic E-state index is 0.0414. The molecule has 0 saturated heterocycles. The van der Waals surface area contributed by atoms with E-state index in [9.17, 15) is 9.59 Å². The number of pyridine rings is 1. The molecule has 1 aromatic heterocycles.